The van der Waals surface area contributed by atoms with Gasteiger partial charge in [-0.2, -0.15) is 13.2 Å². The van der Waals surface area contributed by atoms with Crippen LogP contribution >= 0.6 is 0 Å². The fourth-order valence-electron chi connectivity index (χ4n) is 5.58. The number of carbonyl (C=O) groups excluding carboxylic acids is 1. The minimum Gasteiger partial charge on any atom is -0.491 e. The molecule has 2 aliphatic heterocycles. The van der Waals surface area contributed by atoms with Crippen molar-refractivity contribution in [3.63, 3.8) is 0 Å². The van der Waals surface area contributed by atoms with E-state index in [9.17, 15) is 23.1 Å². The highest BCUT2D eigenvalue weighted by atomic mass is 28.4. The zero-order valence-electron chi connectivity index (χ0n) is 19.7. The van der Waals surface area contributed by atoms with Crippen molar-refractivity contribution in [3.05, 3.63) is 29.8 Å². The van der Waals surface area contributed by atoms with Gasteiger partial charge in [0.15, 0.2) is 8.32 Å². The Hall–Kier alpha value is -1.62. The van der Waals surface area contributed by atoms with Crippen molar-refractivity contribution in [3.8, 4) is 5.75 Å². The Kier molecular flexibility index (Phi) is 7.34. The maximum absolute atomic E-state index is 13.1. The van der Waals surface area contributed by atoms with Crippen LogP contribution in [0, 0.1) is 11.8 Å². The van der Waals surface area contributed by atoms with E-state index < -0.39 is 32.3 Å². The van der Waals surface area contributed by atoms with E-state index >= 15 is 0 Å². The summed E-state index contributed by atoms with van der Waals surface area (Å²) in [6, 6.07) is 7.50. The summed E-state index contributed by atoms with van der Waals surface area (Å²) in [5.41, 5.74) is -0.770. The van der Waals surface area contributed by atoms with Gasteiger partial charge in [-0.3, -0.25) is 4.79 Å². The van der Waals surface area contributed by atoms with Gasteiger partial charge in [-0.15, -0.1) is 0 Å². The predicted molar refractivity (Wildman–Crippen MR) is 120 cm³/mol. The van der Waals surface area contributed by atoms with Gasteiger partial charge < -0.3 is 23.7 Å². The van der Waals surface area contributed by atoms with Crippen LogP contribution in [0.2, 0.25) is 18.1 Å². The van der Waals surface area contributed by atoms with E-state index in [1.165, 1.54) is 12.1 Å². The summed E-state index contributed by atoms with van der Waals surface area (Å²) in [7, 11) is -2.09. The first-order chi connectivity index (χ1) is 16.1. The Balaban J connectivity index is 1.50. The number of benzene rings is 1. The second-order valence-corrected chi connectivity index (χ2v) is 14.3. The number of alkyl halides is 3. The molecule has 3 aliphatic rings. The molecule has 2 unspecified atom stereocenters. The van der Waals surface area contributed by atoms with Crippen molar-refractivity contribution in [1.82, 2.24) is 0 Å². The molecule has 34 heavy (non-hydrogen) atoms. The van der Waals surface area contributed by atoms with Gasteiger partial charge in [0, 0.05) is 18.3 Å². The van der Waals surface area contributed by atoms with E-state index in [-0.39, 0.29) is 54.9 Å². The molecule has 6 nitrogen and oxygen atoms in total. The third-order valence-corrected chi connectivity index (χ3v) is 12.5. The molecule has 190 valence electrons. The number of halogens is 3. The monoisotopic (exact) mass is 502 g/mol. The lowest BCUT2D eigenvalue weighted by Crippen LogP contribution is -2.45. The van der Waals surface area contributed by atoms with Crippen LogP contribution in [0.5, 0.6) is 5.75 Å². The van der Waals surface area contributed by atoms with Gasteiger partial charge in [0.25, 0.3) is 0 Å². The Labute approximate surface area is 198 Å². The molecule has 0 aromatic heterocycles. The number of aliphatic hydroxyl groups is 1. The number of carbonyl (C=O) groups is 1. The molecule has 10 heteroatoms. The van der Waals surface area contributed by atoms with Crippen LogP contribution in [0.25, 0.3) is 0 Å². The summed E-state index contributed by atoms with van der Waals surface area (Å²) in [6.07, 6.45) is -5.83. The largest absolute Gasteiger partial charge is 0.491 e. The lowest BCUT2D eigenvalue weighted by molar-refractivity contribution is -0.142. The maximum Gasteiger partial charge on any atom is 0.416 e. The highest BCUT2D eigenvalue weighted by molar-refractivity contribution is 6.73. The molecule has 2 saturated heterocycles. The zero-order valence-corrected chi connectivity index (χ0v) is 20.7. The second kappa shape index (κ2) is 9.79. The van der Waals surface area contributed by atoms with E-state index in [2.05, 4.69) is 20.8 Å². The van der Waals surface area contributed by atoms with Crippen LogP contribution in [-0.2, 0) is 24.9 Å². The van der Waals surface area contributed by atoms with Crippen LogP contribution in [0.4, 0.5) is 13.2 Å². The van der Waals surface area contributed by atoms with E-state index in [1.54, 1.807) is 0 Å². The maximum atomic E-state index is 13.1. The van der Waals surface area contributed by atoms with E-state index in [0.717, 1.165) is 30.3 Å². The molecular formula is C24H33F3O6Si. The van der Waals surface area contributed by atoms with Crippen LogP contribution < -0.4 is 4.74 Å². The second-order valence-electron chi connectivity index (χ2n) is 9.58. The molecular weight excluding hydrogens is 469 g/mol. The summed E-state index contributed by atoms with van der Waals surface area (Å²) in [5.74, 6) is -0.456. The molecule has 0 spiro atoms. The number of hydrogen-bond acceptors (Lipinski definition) is 6. The summed E-state index contributed by atoms with van der Waals surface area (Å²) in [4.78, 5) is 11.8. The first-order valence-electron chi connectivity index (χ1n) is 12.1. The third kappa shape index (κ3) is 5.15. The van der Waals surface area contributed by atoms with Gasteiger partial charge in [-0.25, -0.2) is 0 Å². The summed E-state index contributed by atoms with van der Waals surface area (Å²) >= 11 is 0. The Morgan fingerprint density at radius 1 is 1.21 bits per heavy atom. The van der Waals surface area contributed by atoms with Gasteiger partial charge in [-0.1, -0.05) is 26.8 Å². The molecule has 1 aromatic carbocycles. The quantitative estimate of drug-likeness (QED) is 0.287. The summed E-state index contributed by atoms with van der Waals surface area (Å²) in [6.45, 7) is 6.34. The fraction of sp³-hybridized carbons (Fsp3) is 0.708. The lowest BCUT2D eigenvalue weighted by atomic mass is 9.87. The Bertz CT molecular complexity index is 868. The standard InChI is InChI=1S/C24H33F3O6Si/c1-4-34(5-2,6-3)33-19(13-30-15-9-7-8-14(10-15)24(25,26)27)22-23(32-22)21-16-11-20(29)31-18(16)12-17(21)28/h7-10,16-19,21-23,28H,4-6,11-13H2,1-3H3/t16-,17+,18-,19?,21+,22?,23+/m0/s1. The van der Waals surface area contributed by atoms with Crippen molar-refractivity contribution in [2.24, 2.45) is 11.8 Å². The van der Waals surface area contributed by atoms with E-state index in [0.29, 0.717) is 6.42 Å². The van der Waals surface area contributed by atoms with Crippen LogP contribution in [0.1, 0.15) is 39.2 Å². The molecule has 1 aromatic rings. The van der Waals surface area contributed by atoms with Gasteiger partial charge in [0.05, 0.1) is 24.2 Å². The molecule has 2 heterocycles. The topological polar surface area (TPSA) is 77.5 Å². The third-order valence-electron chi connectivity index (χ3n) is 7.79. The number of ether oxygens (including phenoxy) is 3. The number of epoxide rings is 1. The summed E-state index contributed by atoms with van der Waals surface area (Å²) < 4.78 is 63.2. The normalized spacial score (nSPS) is 31.8. The average molecular weight is 503 g/mol. The Morgan fingerprint density at radius 2 is 1.91 bits per heavy atom. The average Bonchev–Trinajstić information content (AvgIpc) is 3.41. The number of fused-ring (bicyclic) bond motifs is 1. The highest BCUT2D eigenvalue weighted by Crippen LogP contribution is 2.50. The van der Waals surface area contributed by atoms with Crippen LogP contribution in [0.15, 0.2) is 24.3 Å². The molecule has 0 radical (unpaired) electrons. The van der Waals surface area contributed by atoms with Crippen molar-refractivity contribution < 1.29 is 41.7 Å². The minimum atomic E-state index is -4.45. The molecule has 1 aliphatic carbocycles. The predicted octanol–water partition coefficient (Wildman–Crippen LogP) is 4.55. The number of aliphatic hydroxyl groups excluding tert-OH is 1. The zero-order chi connectivity index (χ0) is 24.7. The van der Waals surface area contributed by atoms with Crippen molar-refractivity contribution in [2.75, 3.05) is 6.61 Å². The summed E-state index contributed by atoms with van der Waals surface area (Å²) in [5, 5.41) is 10.6. The van der Waals surface area contributed by atoms with Gasteiger partial charge >= 0.3 is 12.1 Å². The SMILES string of the molecule is CC[Si](CC)(CC)OC(COc1cccc(C(F)(F)F)c1)C1O[C@@H]1[C@@H]1[C@H]2CC(=O)O[C@H]2C[C@H]1O. The first-order valence-corrected chi connectivity index (χ1v) is 14.6. The molecule has 7 atom stereocenters. The first kappa shape index (κ1) is 25.5. The molecule has 1 saturated carbocycles. The number of esters is 1. The highest BCUT2D eigenvalue weighted by Gasteiger charge is 2.61. The smallest absolute Gasteiger partial charge is 0.416 e. The van der Waals surface area contributed by atoms with Gasteiger partial charge in [-0.05, 0) is 36.3 Å². The number of rotatable bonds is 10. The number of hydrogen-bond donors (Lipinski definition) is 1. The van der Waals surface area contributed by atoms with Crippen molar-refractivity contribution >= 4 is 14.3 Å². The van der Waals surface area contributed by atoms with Crippen molar-refractivity contribution in [2.45, 2.75) is 88.4 Å². The van der Waals surface area contributed by atoms with E-state index in [1.807, 2.05) is 0 Å². The molecule has 0 bridgehead atoms. The van der Waals surface area contributed by atoms with Crippen molar-refractivity contribution in [1.29, 1.82) is 0 Å². The van der Waals surface area contributed by atoms with Gasteiger partial charge in [0.2, 0.25) is 0 Å². The van der Waals surface area contributed by atoms with Crippen LogP contribution in [-0.4, -0.2) is 56.5 Å². The minimum absolute atomic E-state index is 0.0452. The van der Waals surface area contributed by atoms with E-state index in [4.69, 9.17) is 18.6 Å². The Morgan fingerprint density at radius 3 is 2.56 bits per heavy atom. The fourth-order valence-corrected chi connectivity index (χ4v) is 8.43. The molecule has 4 rings (SSSR count). The molecule has 3 fully saturated rings. The van der Waals surface area contributed by atoms with Gasteiger partial charge in [0.1, 0.15) is 30.7 Å². The molecule has 0 amide bonds. The molecule has 1 N–H and O–H groups in total. The lowest BCUT2D eigenvalue weighted by Gasteiger charge is -2.33. The van der Waals surface area contributed by atoms with Crippen LogP contribution in [0.3, 0.4) is 0 Å².